The number of benzene rings is 2. The molecule has 0 atom stereocenters. The number of hydrogen-bond donors (Lipinski definition) is 1. The van der Waals surface area contributed by atoms with Crippen molar-refractivity contribution >= 4 is 34.3 Å². The van der Waals surface area contributed by atoms with Crippen LogP contribution in [0.15, 0.2) is 72.0 Å². The van der Waals surface area contributed by atoms with E-state index < -0.39 is 11.9 Å². The summed E-state index contributed by atoms with van der Waals surface area (Å²) in [6.45, 7) is 0.234. The van der Waals surface area contributed by atoms with Gasteiger partial charge in [0, 0.05) is 23.6 Å². The van der Waals surface area contributed by atoms with Gasteiger partial charge >= 0.3 is 6.09 Å². The van der Waals surface area contributed by atoms with Gasteiger partial charge in [-0.3, -0.25) is 19.7 Å². The van der Waals surface area contributed by atoms with E-state index in [0.717, 1.165) is 5.56 Å². The lowest BCUT2D eigenvalue weighted by Gasteiger charge is -2.09. The van der Waals surface area contributed by atoms with Gasteiger partial charge in [-0.05, 0) is 42.0 Å². The molecule has 1 N–H and O–H groups in total. The molecular weight excluding hydrogens is 423 g/mol. The smallest absolute Gasteiger partial charge is 0.411 e. The highest BCUT2D eigenvalue weighted by Gasteiger charge is 2.09. The maximum absolute atomic E-state index is 13.7. The standard InChI is InChI=1S/C22H16ClFN4O3/c23-18-6-3-14(8-19(18)24)11-28-13-26-20-9-16(4-5-17(20)21(28)29)27-22(30)31-12-15-2-1-7-25-10-15/h1-10,13H,11-12H2,(H,27,30). The van der Waals surface area contributed by atoms with Crippen molar-refractivity contribution in [2.75, 3.05) is 5.32 Å². The number of amides is 1. The van der Waals surface area contributed by atoms with E-state index in [4.69, 9.17) is 16.3 Å². The number of nitrogens with one attached hydrogen (secondary N) is 1. The molecule has 0 aliphatic rings. The van der Waals surface area contributed by atoms with Gasteiger partial charge in [-0.25, -0.2) is 14.2 Å². The minimum absolute atomic E-state index is 0.0201. The topological polar surface area (TPSA) is 86.1 Å². The highest BCUT2D eigenvalue weighted by atomic mass is 35.5. The van der Waals surface area contributed by atoms with Crippen LogP contribution in [0.25, 0.3) is 10.9 Å². The molecule has 0 unspecified atom stereocenters. The number of nitrogens with zero attached hydrogens (tertiary/aromatic N) is 3. The van der Waals surface area contributed by atoms with Crippen LogP contribution in [0.2, 0.25) is 5.02 Å². The molecule has 0 aliphatic carbocycles. The second-order valence-electron chi connectivity index (χ2n) is 6.72. The number of halogens is 2. The van der Waals surface area contributed by atoms with Crippen LogP contribution in [0, 0.1) is 5.82 Å². The Balaban J connectivity index is 1.48. The molecule has 0 spiro atoms. The number of ether oxygens (including phenoxy) is 1. The zero-order chi connectivity index (χ0) is 21.8. The second-order valence-corrected chi connectivity index (χ2v) is 7.13. The second kappa shape index (κ2) is 8.93. The lowest BCUT2D eigenvalue weighted by Crippen LogP contribution is -2.21. The minimum atomic E-state index is -0.638. The van der Waals surface area contributed by atoms with Gasteiger partial charge < -0.3 is 4.74 Å². The molecule has 9 heteroatoms. The van der Waals surface area contributed by atoms with Crippen molar-refractivity contribution in [2.45, 2.75) is 13.2 Å². The van der Waals surface area contributed by atoms with E-state index in [1.165, 1.54) is 23.0 Å². The van der Waals surface area contributed by atoms with Gasteiger partial charge in [-0.1, -0.05) is 23.7 Å². The van der Waals surface area contributed by atoms with Crippen LogP contribution in [-0.4, -0.2) is 20.6 Å². The number of aromatic nitrogens is 3. The van der Waals surface area contributed by atoms with Crippen molar-refractivity contribution in [3.8, 4) is 0 Å². The van der Waals surface area contributed by atoms with Crippen molar-refractivity contribution < 1.29 is 13.9 Å². The quantitative estimate of drug-likeness (QED) is 0.499. The molecule has 4 aromatic rings. The lowest BCUT2D eigenvalue weighted by atomic mass is 10.2. The summed E-state index contributed by atoms with van der Waals surface area (Å²) in [4.78, 5) is 33.0. The van der Waals surface area contributed by atoms with E-state index in [1.807, 2.05) is 0 Å². The van der Waals surface area contributed by atoms with Gasteiger partial charge in [-0.2, -0.15) is 0 Å². The van der Waals surface area contributed by atoms with Crippen LogP contribution in [0.4, 0.5) is 14.9 Å². The first-order chi connectivity index (χ1) is 15.0. The summed E-state index contributed by atoms with van der Waals surface area (Å²) in [6.07, 6.45) is 3.98. The zero-order valence-corrected chi connectivity index (χ0v) is 16.8. The van der Waals surface area contributed by atoms with Crippen molar-refractivity contribution in [1.29, 1.82) is 0 Å². The molecule has 0 radical (unpaired) electrons. The first kappa shape index (κ1) is 20.5. The van der Waals surface area contributed by atoms with Gasteiger partial charge in [0.2, 0.25) is 0 Å². The van der Waals surface area contributed by atoms with Crippen LogP contribution in [0.3, 0.4) is 0 Å². The highest BCUT2D eigenvalue weighted by Crippen LogP contribution is 2.17. The van der Waals surface area contributed by atoms with E-state index in [0.29, 0.717) is 22.2 Å². The molecule has 0 aliphatic heterocycles. The number of carbonyl (C=O) groups excluding carboxylic acids is 1. The first-order valence-corrected chi connectivity index (χ1v) is 9.63. The SMILES string of the molecule is O=C(Nc1ccc2c(=O)n(Cc3ccc(Cl)c(F)c3)cnc2c1)OCc1cccnc1. The normalized spacial score (nSPS) is 10.8. The number of pyridine rings is 1. The van der Waals surface area contributed by atoms with Crippen molar-refractivity contribution in [3.05, 3.63) is 99.6 Å². The molecule has 1 amide bonds. The van der Waals surface area contributed by atoms with Crippen LogP contribution in [0.1, 0.15) is 11.1 Å². The molecule has 2 heterocycles. The lowest BCUT2D eigenvalue weighted by molar-refractivity contribution is 0.155. The fraction of sp³-hybridized carbons (Fsp3) is 0.0909. The van der Waals surface area contributed by atoms with Crippen molar-refractivity contribution in [3.63, 3.8) is 0 Å². The number of fused-ring (bicyclic) bond motifs is 1. The Labute approximate surface area is 181 Å². The Hall–Kier alpha value is -3.78. The number of hydrogen-bond acceptors (Lipinski definition) is 5. The fourth-order valence-electron chi connectivity index (χ4n) is 2.97. The Morgan fingerprint density at radius 3 is 2.81 bits per heavy atom. The van der Waals surface area contributed by atoms with Crippen LogP contribution >= 0.6 is 11.6 Å². The number of anilines is 1. The predicted molar refractivity (Wildman–Crippen MR) is 115 cm³/mol. The third-order valence-electron chi connectivity index (χ3n) is 4.50. The van der Waals surface area contributed by atoms with E-state index in [2.05, 4.69) is 15.3 Å². The van der Waals surface area contributed by atoms with Crippen LogP contribution < -0.4 is 10.9 Å². The molecule has 0 bridgehead atoms. The van der Waals surface area contributed by atoms with E-state index in [9.17, 15) is 14.0 Å². The van der Waals surface area contributed by atoms with Gasteiger partial charge in [0.1, 0.15) is 12.4 Å². The Bertz CT molecular complexity index is 1310. The molecule has 156 valence electrons. The van der Waals surface area contributed by atoms with Crippen LogP contribution in [0.5, 0.6) is 0 Å². The van der Waals surface area contributed by atoms with Gasteiger partial charge in [0.25, 0.3) is 5.56 Å². The third-order valence-corrected chi connectivity index (χ3v) is 4.81. The number of carbonyl (C=O) groups is 1. The molecule has 31 heavy (non-hydrogen) atoms. The van der Waals surface area contributed by atoms with Crippen LogP contribution in [-0.2, 0) is 17.9 Å². The molecule has 0 saturated heterocycles. The molecule has 2 aromatic carbocycles. The number of rotatable bonds is 5. The highest BCUT2D eigenvalue weighted by molar-refractivity contribution is 6.30. The Kier molecular flexibility index (Phi) is 5.90. The van der Waals surface area contributed by atoms with Gasteiger partial charge in [0.15, 0.2) is 0 Å². The molecule has 4 rings (SSSR count). The molecule has 0 saturated carbocycles. The summed E-state index contributed by atoms with van der Waals surface area (Å²) in [6, 6.07) is 12.6. The average Bonchev–Trinajstić information content (AvgIpc) is 2.77. The average molecular weight is 439 g/mol. The fourth-order valence-corrected chi connectivity index (χ4v) is 3.09. The Morgan fingerprint density at radius 1 is 1.16 bits per heavy atom. The maximum atomic E-state index is 13.7. The summed E-state index contributed by atoms with van der Waals surface area (Å²) in [5, 5.41) is 2.99. The summed E-state index contributed by atoms with van der Waals surface area (Å²) < 4.78 is 20.2. The van der Waals surface area contributed by atoms with E-state index in [1.54, 1.807) is 48.8 Å². The summed E-state index contributed by atoms with van der Waals surface area (Å²) in [5.74, 6) is -0.549. The largest absolute Gasteiger partial charge is 0.444 e. The molecule has 7 nitrogen and oxygen atoms in total. The monoisotopic (exact) mass is 438 g/mol. The summed E-state index contributed by atoms with van der Waals surface area (Å²) in [5.41, 5.74) is 1.91. The first-order valence-electron chi connectivity index (χ1n) is 9.25. The van der Waals surface area contributed by atoms with E-state index >= 15 is 0 Å². The maximum Gasteiger partial charge on any atom is 0.411 e. The van der Waals surface area contributed by atoms with Crippen molar-refractivity contribution in [1.82, 2.24) is 14.5 Å². The zero-order valence-electron chi connectivity index (χ0n) is 16.1. The van der Waals surface area contributed by atoms with Gasteiger partial charge in [-0.15, -0.1) is 0 Å². The molecule has 0 fully saturated rings. The van der Waals surface area contributed by atoms with E-state index in [-0.39, 0.29) is 23.7 Å². The minimum Gasteiger partial charge on any atom is -0.444 e. The molecular formula is C22H16ClFN4O3. The Morgan fingerprint density at radius 2 is 2.03 bits per heavy atom. The summed E-state index contributed by atoms with van der Waals surface area (Å²) in [7, 11) is 0. The molecule has 2 aromatic heterocycles. The third kappa shape index (κ3) is 4.87. The van der Waals surface area contributed by atoms with Crippen molar-refractivity contribution in [2.24, 2.45) is 0 Å². The summed E-state index contributed by atoms with van der Waals surface area (Å²) >= 11 is 5.70. The predicted octanol–water partition coefficient (Wildman–Crippen LogP) is 4.38. The van der Waals surface area contributed by atoms with Gasteiger partial charge in [0.05, 0.1) is 28.8 Å².